The highest BCUT2D eigenvalue weighted by molar-refractivity contribution is 6.00. The Morgan fingerprint density at radius 1 is 1.02 bits per heavy atom. The summed E-state index contributed by atoms with van der Waals surface area (Å²) < 4.78 is 20.3. The normalized spacial score (nSPS) is 18.8. The Hall–Kier alpha value is -3.18. The second kappa shape index (κ2) is 13.0. The average Bonchev–Trinajstić information content (AvgIpc) is 3.15. The summed E-state index contributed by atoms with van der Waals surface area (Å²) >= 11 is 0. The lowest BCUT2D eigenvalue weighted by atomic mass is 10.0. The predicted molar refractivity (Wildman–Crippen MR) is 149 cm³/mol. The van der Waals surface area contributed by atoms with Crippen molar-refractivity contribution >= 4 is 28.9 Å². The van der Waals surface area contributed by atoms with Crippen LogP contribution < -0.4 is 11.0 Å². The van der Waals surface area contributed by atoms with E-state index in [4.69, 9.17) is 14.2 Å². The number of likely N-dealkylation sites (tertiary alicyclic amines) is 1. The lowest BCUT2D eigenvalue weighted by molar-refractivity contribution is -0.135. The van der Waals surface area contributed by atoms with Crippen molar-refractivity contribution in [3.8, 4) is 0 Å². The van der Waals surface area contributed by atoms with E-state index in [9.17, 15) is 19.2 Å². The summed E-state index contributed by atoms with van der Waals surface area (Å²) in [4.78, 5) is 51.0. The van der Waals surface area contributed by atoms with Gasteiger partial charge in [-0.3, -0.25) is 24.0 Å². The monoisotopic (exact) mass is 558 g/mol. The minimum atomic E-state index is -0.688. The molecule has 1 unspecified atom stereocenters. The van der Waals surface area contributed by atoms with Gasteiger partial charge in [-0.25, -0.2) is 9.59 Å². The lowest BCUT2D eigenvalue weighted by Crippen LogP contribution is -2.44. The fourth-order valence-corrected chi connectivity index (χ4v) is 5.36. The lowest BCUT2D eigenvalue weighted by Gasteiger charge is -2.33. The molecule has 0 radical (unpaired) electrons. The van der Waals surface area contributed by atoms with E-state index < -0.39 is 17.6 Å². The van der Waals surface area contributed by atoms with E-state index in [1.54, 1.807) is 16.5 Å². The first-order chi connectivity index (χ1) is 19.0. The Morgan fingerprint density at radius 3 is 2.45 bits per heavy atom. The first-order valence-electron chi connectivity index (χ1n) is 14.2. The quantitative estimate of drug-likeness (QED) is 0.351. The van der Waals surface area contributed by atoms with Crippen LogP contribution in [0.2, 0.25) is 0 Å². The first-order valence-corrected chi connectivity index (χ1v) is 14.2. The number of rotatable bonds is 10. The molecule has 1 N–H and O–H groups in total. The molecule has 3 heterocycles. The van der Waals surface area contributed by atoms with Gasteiger partial charge in [-0.2, -0.15) is 0 Å². The van der Waals surface area contributed by atoms with Crippen LogP contribution in [-0.2, 0) is 37.3 Å². The maximum absolute atomic E-state index is 13.1. The Morgan fingerprint density at radius 2 is 1.75 bits per heavy atom. The van der Waals surface area contributed by atoms with Crippen LogP contribution in [0.1, 0.15) is 70.9 Å². The maximum Gasteiger partial charge on any atom is 0.410 e. The molecule has 0 saturated carbocycles. The highest BCUT2D eigenvalue weighted by atomic mass is 16.6. The predicted octanol–water partition coefficient (Wildman–Crippen LogP) is 3.07. The molecular formula is C29H42N4O7. The number of carbonyl (C=O) groups is 3. The van der Waals surface area contributed by atoms with Crippen LogP contribution in [0.15, 0.2) is 23.0 Å². The Bertz CT molecular complexity index is 1270. The SMILES string of the molecule is Cn1c(=O)n(C2CCC(=O)NC2=O)c2cccc(CCCOCCCOC3CCN(C(=O)OC(C)(C)C)CC3)c21. The van der Waals surface area contributed by atoms with Crippen LogP contribution >= 0.6 is 0 Å². The summed E-state index contributed by atoms with van der Waals surface area (Å²) in [5.74, 6) is -0.734. The van der Waals surface area contributed by atoms with E-state index in [-0.39, 0.29) is 30.2 Å². The minimum absolute atomic E-state index is 0.151. The van der Waals surface area contributed by atoms with Crippen LogP contribution in [0.5, 0.6) is 0 Å². The Balaban J connectivity index is 1.17. The van der Waals surface area contributed by atoms with Gasteiger partial charge in [-0.15, -0.1) is 0 Å². The minimum Gasteiger partial charge on any atom is -0.444 e. The number of amides is 3. The number of imidazole rings is 1. The van der Waals surface area contributed by atoms with Gasteiger partial charge in [0.15, 0.2) is 0 Å². The molecule has 4 rings (SSSR count). The van der Waals surface area contributed by atoms with Crippen molar-refractivity contribution in [2.24, 2.45) is 7.05 Å². The van der Waals surface area contributed by atoms with E-state index in [1.807, 2.05) is 39.0 Å². The topological polar surface area (TPSA) is 121 Å². The molecule has 0 bridgehead atoms. The number of aryl methyl sites for hydroxylation is 2. The van der Waals surface area contributed by atoms with Crippen molar-refractivity contribution in [2.75, 3.05) is 32.9 Å². The molecule has 1 atom stereocenters. The van der Waals surface area contributed by atoms with Gasteiger partial charge in [0.1, 0.15) is 11.6 Å². The van der Waals surface area contributed by atoms with Gasteiger partial charge in [-0.1, -0.05) is 12.1 Å². The van der Waals surface area contributed by atoms with Gasteiger partial charge < -0.3 is 19.1 Å². The summed E-state index contributed by atoms with van der Waals surface area (Å²) in [6.45, 7) is 8.71. The van der Waals surface area contributed by atoms with Crippen LogP contribution in [0.25, 0.3) is 11.0 Å². The van der Waals surface area contributed by atoms with Gasteiger partial charge >= 0.3 is 11.8 Å². The third-order valence-electron chi connectivity index (χ3n) is 7.32. The number of fused-ring (bicyclic) bond motifs is 1. The van der Waals surface area contributed by atoms with Gasteiger partial charge in [0.25, 0.3) is 0 Å². The molecule has 2 fully saturated rings. The number of carbonyl (C=O) groups excluding carboxylic acids is 3. The number of hydrogen-bond acceptors (Lipinski definition) is 7. The zero-order valence-electron chi connectivity index (χ0n) is 24.1. The molecule has 40 heavy (non-hydrogen) atoms. The number of aromatic nitrogens is 2. The van der Waals surface area contributed by atoms with E-state index in [2.05, 4.69) is 5.32 Å². The molecule has 0 aliphatic carbocycles. The fourth-order valence-electron chi connectivity index (χ4n) is 5.36. The maximum atomic E-state index is 13.1. The van der Waals surface area contributed by atoms with Crippen molar-refractivity contribution in [3.63, 3.8) is 0 Å². The first kappa shape index (κ1) is 29.8. The smallest absolute Gasteiger partial charge is 0.410 e. The number of nitrogens with zero attached hydrogens (tertiary/aromatic N) is 3. The molecule has 1 aromatic carbocycles. The molecule has 2 aromatic rings. The summed E-state index contributed by atoms with van der Waals surface area (Å²) in [5.41, 5.74) is 1.79. The van der Waals surface area contributed by atoms with Crippen LogP contribution in [-0.4, -0.2) is 76.6 Å². The van der Waals surface area contributed by atoms with E-state index >= 15 is 0 Å². The fraction of sp³-hybridized carbons (Fsp3) is 0.655. The van der Waals surface area contributed by atoms with Crippen molar-refractivity contribution in [1.82, 2.24) is 19.4 Å². The number of piperidine rings is 2. The number of imide groups is 1. The highest BCUT2D eigenvalue weighted by Crippen LogP contribution is 2.25. The Kier molecular flexibility index (Phi) is 9.68. The van der Waals surface area contributed by atoms with Crippen LogP contribution in [0.3, 0.4) is 0 Å². The number of para-hydroxylation sites is 1. The van der Waals surface area contributed by atoms with Crippen LogP contribution in [0, 0.1) is 0 Å². The van der Waals surface area contributed by atoms with Crippen molar-refractivity contribution in [1.29, 1.82) is 0 Å². The third kappa shape index (κ3) is 7.31. The molecule has 2 saturated heterocycles. The van der Waals surface area contributed by atoms with Crippen molar-refractivity contribution < 1.29 is 28.6 Å². The molecule has 220 valence electrons. The van der Waals surface area contributed by atoms with E-state index in [1.165, 1.54) is 4.57 Å². The van der Waals surface area contributed by atoms with Crippen molar-refractivity contribution in [3.05, 3.63) is 34.2 Å². The largest absolute Gasteiger partial charge is 0.444 e. The summed E-state index contributed by atoms with van der Waals surface area (Å²) in [6, 6.07) is 5.06. The van der Waals surface area contributed by atoms with E-state index in [0.29, 0.717) is 44.8 Å². The zero-order valence-corrected chi connectivity index (χ0v) is 24.1. The zero-order chi connectivity index (χ0) is 28.9. The summed E-state index contributed by atoms with van der Waals surface area (Å²) in [7, 11) is 1.72. The number of nitrogens with one attached hydrogen (secondary N) is 1. The number of benzene rings is 1. The molecule has 2 aliphatic heterocycles. The molecule has 11 heteroatoms. The van der Waals surface area contributed by atoms with E-state index in [0.717, 1.165) is 43.2 Å². The standard InChI is InChI=1S/C29H42N4O7/c1-29(2,3)40-28(37)32-15-13-21(14-16-32)39-19-7-18-38-17-6-9-20-8-5-10-22-25(20)31(4)27(36)33(22)23-11-12-24(34)30-26(23)35/h5,8,10,21,23H,6-7,9,11-19H2,1-4H3,(H,30,34,35). The third-order valence-corrected chi connectivity index (χ3v) is 7.32. The number of hydrogen-bond donors (Lipinski definition) is 1. The van der Waals surface area contributed by atoms with Gasteiger partial charge in [-0.05, 0) is 70.9 Å². The van der Waals surface area contributed by atoms with Crippen LogP contribution in [0.4, 0.5) is 4.79 Å². The highest BCUT2D eigenvalue weighted by Gasteiger charge is 2.31. The molecular weight excluding hydrogens is 516 g/mol. The molecule has 3 amide bonds. The van der Waals surface area contributed by atoms with Crippen molar-refractivity contribution in [2.45, 2.75) is 83.5 Å². The summed E-state index contributed by atoms with van der Waals surface area (Å²) in [5, 5.41) is 2.35. The summed E-state index contributed by atoms with van der Waals surface area (Å²) in [6.07, 6.45) is 4.36. The second-order valence-corrected chi connectivity index (χ2v) is 11.6. The Labute approximate surface area is 234 Å². The average molecular weight is 559 g/mol. The van der Waals surface area contributed by atoms with Gasteiger partial charge in [0.2, 0.25) is 11.8 Å². The van der Waals surface area contributed by atoms with Gasteiger partial charge in [0, 0.05) is 46.4 Å². The molecule has 11 nitrogen and oxygen atoms in total. The van der Waals surface area contributed by atoms with Gasteiger partial charge in [0.05, 0.1) is 17.1 Å². The number of ether oxygens (including phenoxy) is 3. The molecule has 0 spiro atoms. The molecule has 2 aliphatic rings. The second-order valence-electron chi connectivity index (χ2n) is 11.6. The molecule has 1 aromatic heterocycles.